The van der Waals surface area contributed by atoms with Crippen molar-refractivity contribution in [2.75, 3.05) is 23.0 Å². The molecule has 2 unspecified atom stereocenters. The molecule has 2 fully saturated rings. The van der Waals surface area contributed by atoms with Crippen molar-refractivity contribution in [2.24, 2.45) is 4.99 Å². The van der Waals surface area contributed by atoms with E-state index in [0.717, 1.165) is 23.9 Å². The summed E-state index contributed by atoms with van der Waals surface area (Å²) in [5.74, 6) is -0.608. The number of halogens is 4. The van der Waals surface area contributed by atoms with Gasteiger partial charge in [0.05, 0.1) is 23.1 Å². The third kappa shape index (κ3) is 5.05. The molecule has 2 aliphatic rings. The van der Waals surface area contributed by atoms with Crippen molar-refractivity contribution in [3.8, 4) is 5.75 Å². The van der Waals surface area contributed by atoms with Crippen LogP contribution in [0.15, 0.2) is 53.5 Å². The standard InChI is InChI=1S/C20H16ClF3N2O4S2/c21-13-4-6-15(7-5-13)30-9-18(27)25-19-26(16-10-32(28,29)11-17(16)31-19)14-3-1-2-12(8-14)20(22,23)24/h1-8,16-17H,9-11H2. The number of benzene rings is 2. The first-order valence-corrected chi connectivity index (χ1v) is 12.4. The molecule has 0 bridgehead atoms. The van der Waals surface area contributed by atoms with Gasteiger partial charge in [0.1, 0.15) is 5.75 Å². The van der Waals surface area contributed by atoms with E-state index >= 15 is 0 Å². The number of anilines is 1. The topological polar surface area (TPSA) is 76.0 Å². The van der Waals surface area contributed by atoms with Crippen molar-refractivity contribution < 1.29 is 31.1 Å². The number of amides is 1. The fourth-order valence-electron chi connectivity index (χ4n) is 3.51. The number of sulfone groups is 1. The molecule has 0 N–H and O–H groups in total. The van der Waals surface area contributed by atoms with E-state index in [1.165, 1.54) is 17.0 Å². The highest BCUT2D eigenvalue weighted by Gasteiger charge is 2.49. The number of alkyl halides is 3. The zero-order valence-electron chi connectivity index (χ0n) is 16.3. The third-order valence-corrected chi connectivity index (χ3v) is 8.38. The van der Waals surface area contributed by atoms with Crippen LogP contribution >= 0.6 is 23.4 Å². The molecule has 0 aliphatic carbocycles. The molecule has 6 nitrogen and oxygen atoms in total. The lowest BCUT2D eigenvalue weighted by atomic mass is 10.1. The lowest BCUT2D eigenvalue weighted by Gasteiger charge is -2.25. The van der Waals surface area contributed by atoms with Crippen LogP contribution in [0, 0.1) is 0 Å². The quantitative estimate of drug-likeness (QED) is 0.625. The van der Waals surface area contributed by atoms with Gasteiger partial charge < -0.3 is 9.64 Å². The van der Waals surface area contributed by atoms with Crippen LogP contribution in [0.25, 0.3) is 0 Å². The Balaban J connectivity index is 1.60. The van der Waals surface area contributed by atoms with Crippen LogP contribution < -0.4 is 9.64 Å². The van der Waals surface area contributed by atoms with Crippen molar-refractivity contribution in [1.82, 2.24) is 0 Å². The van der Waals surface area contributed by atoms with Gasteiger partial charge in [-0.1, -0.05) is 29.4 Å². The lowest BCUT2D eigenvalue weighted by molar-refractivity contribution is -0.137. The highest BCUT2D eigenvalue weighted by atomic mass is 35.5. The Morgan fingerprint density at radius 3 is 2.59 bits per heavy atom. The van der Waals surface area contributed by atoms with E-state index < -0.39 is 45.4 Å². The summed E-state index contributed by atoms with van der Waals surface area (Å²) in [7, 11) is -3.35. The second-order valence-corrected chi connectivity index (χ2v) is 11.0. The molecule has 32 heavy (non-hydrogen) atoms. The number of amidine groups is 1. The predicted octanol–water partition coefficient (Wildman–Crippen LogP) is 4.04. The summed E-state index contributed by atoms with van der Waals surface area (Å²) in [6, 6.07) is 10.3. The average molecular weight is 505 g/mol. The lowest BCUT2D eigenvalue weighted by Crippen LogP contribution is -2.38. The van der Waals surface area contributed by atoms with Gasteiger partial charge in [-0.25, -0.2) is 8.42 Å². The zero-order chi connectivity index (χ0) is 23.1. The van der Waals surface area contributed by atoms with E-state index in [2.05, 4.69) is 4.99 Å². The number of hydrogen-bond acceptors (Lipinski definition) is 5. The smallest absolute Gasteiger partial charge is 0.416 e. The van der Waals surface area contributed by atoms with Crippen LogP contribution in [0.5, 0.6) is 5.75 Å². The fourth-order valence-corrected chi connectivity index (χ4v) is 7.57. The second kappa shape index (κ2) is 8.60. The monoisotopic (exact) mass is 504 g/mol. The van der Waals surface area contributed by atoms with Gasteiger partial charge in [-0.3, -0.25) is 4.79 Å². The number of carbonyl (C=O) groups is 1. The molecule has 1 amide bonds. The summed E-state index contributed by atoms with van der Waals surface area (Å²) in [5.41, 5.74) is -0.747. The van der Waals surface area contributed by atoms with Gasteiger partial charge in [-0.15, -0.1) is 0 Å². The molecule has 0 aromatic heterocycles. The van der Waals surface area contributed by atoms with Gasteiger partial charge in [0.2, 0.25) is 0 Å². The number of fused-ring (bicyclic) bond motifs is 1. The van der Waals surface area contributed by atoms with Gasteiger partial charge in [0.15, 0.2) is 21.6 Å². The first kappa shape index (κ1) is 22.9. The maximum atomic E-state index is 13.2. The summed E-state index contributed by atoms with van der Waals surface area (Å²) in [6.45, 7) is -0.393. The van der Waals surface area contributed by atoms with Gasteiger partial charge in [0.25, 0.3) is 5.91 Å². The van der Waals surface area contributed by atoms with Crippen LogP contribution in [0.1, 0.15) is 5.56 Å². The number of hydrogen-bond donors (Lipinski definition) is 0. The van der Waals surface area contributed by atoms with Crippen LogP contribution in [0.2, 0.25) is 5.02 Å². The van der Waals surface area contributed by atoms with Crippen molar-refractivity contribution in [3.05, 3.63) is 59.1 Å². The van der Waals surface area contributed by atoms with Gasteiger partial charge in [-0.2, -0.15) is 18.2 Å². The van der Waals surface area contributed by atoms with E-state index in [1.807, 2.05) is 0 Å². The average Bonchev–Trinajstić information content (AvgIpc) is 3.17. The molecule has 4 rings (SSSR count). The molecule has 170 valence electrons. The predicted molar refractivity (Wildman–Crippen MR) is 117 cm³/mol. The van der Waals surface area contributed by atoms with Crippen molar-refractivity contribution in [1.29, 1.82) is 0 Å². The first-order chi connectivity index (χ1) is 15.0. The highest BCUT2D eigenvalue weighted by molar-refractivity contribution is 8.16. The summed E-state index contributed by atoms with van der Waals surface area (Å²) in [6.07, 6.45) is -4.57. The third-order valence-electron chi connectivity index (χ3n) is 4.91. The van der Waals surface area contributed by atoms with E-state index in [-0.39, 0.29) is 22.4 Å². The Morgan fingerprint density at radius 1 is 1.19 bits per heavy atom. The van der Waals surface area contributed by atoms with Gasteiger partial charge in [-0.05, 0) is 42.5 Å². The molecule has 12 heteroatoms. The SMILES string of the molecule is O=C(COc1ccc(Cl)cc1)N=C1SC2CS(=O)(=O)CC2N1c1cccc(C(F)(F)F)c1. The largest absolute Gasteiger partial charge is 0.484 e. The van der Waals surface area contributed by atoms with Gasteiger partial charge in [0, 0.05) is 16.0 Å². The Labute approximate surface area is 191 Å². The molecule has 0 spiro atoms. The number of thioether (sulfide) groups is 1. The number of ether oxygens (including phenoxy) is 1. The number of aliphatic imine (C=N–C) groups is 1. The minimum absolute atomic E-state index is 0.127. The van der Waals surface area contributed by atoms with Crippen molar-refractivity contribution in [3.63, 3.8) is 0 Å². The number of rotatable bonds is 4. The van der Waals surface area contributed by atoms with Crippen molar-refractivity contribution >= 4 is 50.0 Å². The highest BCUT2D eigenvalue weighted by Crippen LogP contribution is 2.42. The van der Waals surface area contributed by atoms with Crippen LogP contribution in [0.4, 0.5) is 18.9 Å². The van der Waals surface area contributed by atoms with E-state index in [1.54, 1.807) is 24.3 Å². The molecule has 0 radical (unpaired) electrons. The van der Waals surface area contributed by atoms with Crippen molar-refractivity contribution in [2.45, 2.75) is 17.5 Å². The second-order valence-electron chi connectivity index (χ2n) is 7.25. The van der Waals surface area contributed by atoms with Crippen LogP contribution in [-0.2, 0) is 20.8 Å². The number of carbonyl (C=O) groups excluding carboxylic acids is 1. The van der Waals surface area contributed by atoms with Crippen LogP contribution in [0.3, 0.4) is 0 Å². The molecule has 2 aromatic carbocycles. The molecular weight excluding hydrogens is 489 g/mol. The molecule has 0 saturated carbocycles. The molecular formula is C20H16ClF3N2O4S2. The Kier molecular flexibility index (Phi) is 6.17. The molecule has 2 saturated heterocycles. The summed E-state index contributed by atoms with van der Waals surface area (Å²) >= 11 is 6.88. The zero-order valence-corrected chi connectivity index (χ0v) is 18.6. The maximum absolute atomic E-state index is 13.2. The fraction of sp³-hybridized carbons (Fsp3) is 0.300. The first-order valence-electron chi connectivity index (χ1n) is 9.35. The Bertz CT molecular complexity index is 1170. The summed E-state index contributed by atoms with van der Waals surface area (Å²) in [5, 5.41) is 0.224. The number of nitrogens with zero attached hydrogens (tertiary/aromatic N) is 2. The maximum Gasteiger partial charge on any atom is 0.416 e. The molecule has 2 aliphatic heterocycles. The molecule has 2 atom stereocenters. The summed E-state index contributed by atoms with van der Waals surface area (Å²) < 4.78 is 69.2. The summed E-state index contributed by atoms with van der Waals surface area (Å²) in [4.78, 5) is 17.9. The molecule has 2 aromatic rings. The van der Waals surface area contributed by atoms with E-state index in [9.17, 15) is 26.4 Å². The van der Waals surface area contributed by atoms with E-state index in [4.69, 9.17) is 16.3 Å². The molecule has 2 heterocycles. The van der Waals surface area contributed by atoms with Crippen LogP contribution in [-0.4, -0.2) is 48.9 Å². The minimum atomic E-state index is -4.57. The minimum Gasteiger partial charge on any atom is -0.484 e. The van der Waals surface area contributed by atoms with E-state index in [0.29, 0.717) is 10.8 Å². The normalized spacial score (nSPS) is 23.4. The van der Waals surface area contributed by atoms with Gasteiger partial charge >= 0.3 is 6.18 Å². The Morgan fingerprint density at radius 2 is 1.91 bits per heavy atom. The Hall–Kier alpha value is -2.24.